The zero-order valence-corrected chi connectivity index (χ0v) is 24.4. The summed E-state index contributed by atoms with van der Waals surface area (Å²) >= 11 is 0. The quantitative estimate of drug-likeness (QED) is 0.207. The van der Waals surface area contributed by atoms with E-state index in [1.165, 1.54) is 11.1 Å². The fourth-order valence-corrected chi connectivity index (χ4v) is 5.27. The van der Waals surface area contributed by atoms with Crippen molar-refractivity contribution < 1.29 is 9.47 Å². The Kier molecular flexibility index (Phi) is 7.52. The molecule has 0 unspecified atom stereocenters. The maximum absolute atomic E-state index is 5.45. The number of benzene rings is 4. The molecule has 0 spiro atoms. The Bertz CT molecular complexity index is 1830. The van der Waals surface area contributed by atoms with Crippen molar-refractivity contribution in [2.45, 2.75) is 13.8 Å². The van der Waals surface area contributed by atoms with E-state index in [0.29, 0.717) is 0 Å². The smallest absolute Gasteiger partial charge is 0.119 e. The van der Waals surface area contributed by atoms with Crippen molar-refractivity contribution in [2.24, 2.45) is 0 Å². The highest BCUT2D eigenvalue weighted by Gasteiger charge is 2.13. The van der Waals surface area contributed by atoms with Gasteiger partial charge in [-0.3, -0.25) is 0 Å². The van der Waals surface area contributed by atoms with Gasteiger partial charge < -0.3 is 18.6 Å². The second-order valence-electron chi connectivity index (χ2n) is 10.4. The summed E-state index contributed by atoms with van der Waals surface area (Å²) in [6, 6.07) is 44.8. The number of hydrogen-bond acceptors (Lipinski definition) is 2. The van der Waals surface area contributed by atoms with Crippen LogP contribution in [0.2, 0.25) is 0 Å². The van der Waals surface area contributed by atoms with Crippen molar-refractivity contribution >= 4 is 10.9 Å². The van der Waals surface area contributed by atoms with E-state index in [1.807, 2.05) is 24.3 Å². The van der Waals surface area contributed by atoms with Gasteiger partial charge in [-0.1, -0.05) is 65.7 Å². The van der Waals surface area contributed by atoms with Crippen LogP contribution in [0.5, 0.6) is 11.5 Å². The third-order valence-electron chi connectivity index (χ3n) is 7.62. The molecule has 4 aromatic carbocycles. The highest BCUT2D eigenvalue weighted by atomic mass is 16.5. The fraction of sp³-hybridized carbons (Fsp3) is 0.105. The zero-order valence-electron chi connectivity index (χ0n) is 24.4. The van der Waals surface area contributed by atoms with Crippen LogP contribution in [0.4, 0.5) is 0 Å². The van der Waals surface area contributed by atoms with Crippen LogP contribution in [-0.2, 0) is 0 Å². The third-order valence-corrected chi connectivity index (χ3v) is 7.62. The lowest BCUT2D eigenvalue weighted by Gasteiger charge is -2.13. The monoisotopic (exact) mass is 550 g/mol. The number of ether oxygens (including phenoxy) is 2. The van der Waals surface area contributed by atoms with Gasteiger partial charge in [0.05, 0.1) is 31.1 Å². The zero-order chi connectivity index (χ0) is 29.1. The number of aromatic nitrogens is 2. The number of fused-ring (bicyclic) bond motifs is 1. The van der Waals surface area contributed by atoms with Crippen molar-refractivity contribution in [2.75, 3.05) is 14.2 Å². The average Bonchev–Trinajstić information content (AvgIpc) is 3.42. The minimum Gasteiger partial charge on any atom is -0.497 e. The van der Waals surface area contributed by atoms with Crippen LogP contribution < -0.4 is 9.47 Å². The molecule has 42 heavy (non-hydrogen) atoms. The van der Waals surface area contributed by atoms with E-state index in [2.05, 4.69) is 132 Å². The number of hydrogen-bond donors (Lipinski definition) is 0. The first kappa shape index (κ1) is 27.0. The summed E-state index contributed by atoms with van der Waals surface area (Å²) in [5.74, 6) is 1.66. The predicted molar refractivity (Wildman–Crippen MR) is 174 cm³/mol. The number of rotatable bonds is 6. The number of nitrogens with zero attached hydrogens (tertiary/aromatic N) is 2. The Balaban J connectivity index is 1.64. The van der Waals surface area contributed by atoms with Gasteiger partial charge in [-0.05, 0) is 97.8 Å². The van der Waals surface area contributed by atoms with Crippen LogP contribution in [-0.4, -0.2) is 23.4 Å². The van der Waals surface area contributed by atoms with Gasteiger partial charge in [-0.15, -0.1) is 0 Å². The van der Waals surface area contributed by atoms with Gasteiger partial charge in [0.1, 0.15) is 11.5 Å². The molecule has 0 N–H and O–H groups in total. The molecule has 6 aromatic rings. The minimum atomic E-state index is 0.828. The topological polar surface area (TPSA) is 28.3 Å². The third kappa shape index (κ3) is 5.39. The Morgan fingerprint density at radius 3 is 1.57 bits per heavy atom. The van der Waals surface area contributed by atoms with Crippen LogP contribution in [0.25, 0.3) is 44.8 Å². The van der Waals surface area contributed by atoms with E-state index in [0.717, 1.165) is 56.3 Å². The van der Waals surface area contributed by atoms with E-state index < -0.39 is 0 Å². The molecule has 208 valence electrons. The van der Waals surface area contributed by atoms with Crippen molar-refractivity contribution in [3.8, 4) is 45.4 Å². The van der Waals surface area contributed by atoms with Gasteiger partial charge in [0, 0.05) is 23.0 Å². The molecular weight excluding hydrogens is 516 g/mol. The summed E-state index contributed by atoms with van der Waals surface area (Å²) in [5.41, 5.74) is 10.2. The molecule has 4 nitrogen and oxygen atoms in total. The summed E-state index contributed by atoms with van der Waals surface area (Å²) in [6.45, 7) is 4.23. The van der Waals surface area contributed by atoms with E-state index in [9.17, 15) is 0 Å². The SMILES string of the molecule is COc1ccc(-n2ccc3cc(-c4ccc(C)cc4)n(-c4ccc(OC)cc4)c3cccc2-c2ccc(C)cc2)cc1. The van der Waals surface area contributed by atoms with Gasteiger partial charge in [-0.25, -0.2) is 0 Å². The molecule has 0 saturated heterocycles. The lowest BCUT2D eigenvalue weighted by atomic mass is 10.1. The first-order valence-corrected chi connectivity index (χ1v) is 14.1. The van der Waals surface area contributed by atoms with Crippen molar-refractivity contribution in [1.82, 2.24) is 9.13 Å². The maximum Gasteiger partial charge on any atom is 0.119 e. The average molecular weight is 551 g/mol. The second kappa shape index (κ2) is 11.7. The van der Waals surface area contributed by atoms with Gasteiger partial charge in [0.25, 0.3) is 0 Å². The molecule has 4 heteroatoms. The molecule has 0 bridgehead atoms. The lowest BCUT2D eigenvalue weighted by Crippen LogP contribution is -1.98. The van der Waals surface area contributed by atoms with E-state index in [4.69, 9.17) is 9.47 Å². The molecular formula is C38H34N2O2. The van der Waals surface area contributed by atoms with Crippen LogP contribution in [0, 0.1) is 13.8 Å². The molecule has 0 aliphatic rings. The maximum atomic E-state index is 5.45. The number of aryl methyl sites for hydroxylation is 2. The van der Waals surface area contributed by atoms with Gasteiger partial charge in [0.15, 0.2) is 0 Å². The van der Waals surface area contributed by atoms with E-state index in [-0.39, 0.29) is 0 Å². The van der Waals surface area contributed by atoms with Gasteiger partial charge in [0.2, 0.25) is 0 Å². The summed E-state index contributed by atoms with van der Waals surface area (Å²) < 4.78 is 15.5. The summed E-state index contributed by atoms with van der Waals surface area (Å²) in [7, 11) is 3.39. The minimum absolute atomic E-state index is 0.828. The molecule has 2 heterocycles. The molecule has 0 atom stereocenters. The van der Waals surface area contributed by atoms with Crippen molar-refractivity contribution in [1.29, 1.82) is 0 Å². The largest absolute Gasteiger partial charge is 0.497 e. The fourth-order valence-electron chi connectivity index (χ4n) is 5.27. The highest BCUT2D eigenvalue weighted by molar-refractivity contribution is 5.88. The van der Waals surface area contributed by atoms with Crippen molar-refractivity contribution in [3.63, 3.8) is 0 Å². The highest BCUT2D eigenvalue weighted by Crippen LogP contribution is 2.33. The molecule has 0 amide bonds. The Morgan fingerprint density at radius 2 is 1.02 bits per heavy atom. The molecule has 0 aliphatic carbocycles. The molecule has 2 aromatic heterocycles. The second-order valence-corrected chi connectivity index (χ2v) is 10.4. The first-order valence-electron chi connectivity index (χ1n) is 14.1. The van der Waals surface area contributed by atoms with Crippen LogP contribution >= 0.6 is 0 Å². The first-order chi connectivity index (χ1) is 20.5. The normalized spacial score (nSPS) is 10.9. The van der Waals surface area contributed by atoms with Gasteiger partial charge in [-0.2, -0.15) is 0 Å². The van der Waals surface area contributed by atoms with Crippen molar-refractivity contribution in [3.05, 3.63) is 145 Å². The Labute approximate surface area is 247 Å². The number of methoxy groups -OCH3 is 2. The summed E-state index contributed by atoms with van der Waals surface area (Å²) in [5, 5.41) is 1.12. The van der Waals surface area contributed by atoms with E-state index in [1.54, 1.807) is 14.2 Å². The van der Waals surface area contributed by atoms with Crippen LogP contribution in [0.3, 0.4) is 0 Å². The van der Waals surface area contributed by atoms with Crippen LogP contribution in [0.15, 0.2) is 134 Å². The molecule has 0 fully saturated rings. The lowest BCUT2D eigenvalue weighted by molar-refractivity contribution is 0.414. The standard InChI is InChI=1S/C38H34N2O2/c1-27-8-12-29(13-9-27)36-6-5-7-37-31(24-25-39(36)32-16-20-34(41-3)21-17-32)26-38(30-14-10-28(2)11-15-30)40(37)33-18-22-35(42-4)23-19-33/h5-26H,1-4H3. The van der Waals surface area contributed by atoms with E-state index >= 15 is 0 Å². The summed E-state index contributed by atoms with van der Waals surface area (Å²) in [4.78, 5) is 0. The summed E-state index contributed by atoms with van der Waals surface area (Å²) in [6.07, 6.45) is 2.16. The molecule has 0 saturated carbocycles. The Morgan fingerprint density at radius 1 is 0.500 bits per heavy atom. The van der Waals surface area contributed by atoms with Crippen LogP contribution in [0.1, 0.15) is 11.1 Å². The molecule has 6 rings (SSSR count). The van der Waals surface area contributed by atoms with Gasteiger partial charge >= 0.3 is 0 Å². The predicted octanol–water partition coefficient (Wildman–Crippen LogP) is 9.51. The molecule has 0 radical (unpaired) electrons. The Hall–Kier alpha value is -5.22. The molecule has 0 aliphatic heterocycles.